The first kappa shape index (κ1) is 13.8. The summed E-state index contributed by atoms with van der Waals surface area (Å²) in [5.41, 5.74) is 7.30. The highest BCUT2D eigenvalue weighted by Crippen LogP contribution is 2.24. The number of hydrogen-bond donors (Lipinski definition) is 1. The zero-order valence-corrected chi connectivity index (χ0v) is 11.4. The lowest BCUT2D eigenvalue weighted by Gasteiger charge is -2.19. The van der Waals surface area contributed by atoms with E-state index in [9.17, 15) is 0 Å². The van der Waals surface area contributed by atoms with Gasteiger partial charge in [0.15, 0.2) is 0 Å². The van der Waals surface area contributed by atoms with Gasteiger partial charge in [0, 0.05) is 7.05 Å². The van der Waals surface area contributed by atoms with Crippen LogP contribution in [-0.2, 0) is 18.2 Å². The largest absolute Gasteiger partial charge is 0.474 e. The molecular weight excluding hydrogens is 218 g/mol. The van der Waals surface area contributed by atoms with Gasteiger partial charge in [0.2, 0.25) is 5.88 Å². The third kappa shape index (κ3) is 3.93. The molecule has 98 valence electrons. The molecule has 0 saturated heterocycles. The fraction of sp³-hybridized carbons (Fsp3) is 0.750. The van der Waals surface area contributed by atoms with E-state index in [2.05, 4.69) is 5.10 Å². The molecule has 0 unspecified atom stereocenters. The highest BCUT2D eigenvalue weighted by molar-refractivity contribution is 5.53. The van der Waals surface area contributed by atoms with Crippen molar-refractivity contribution in [3.05, 3.63) is 5.69 Å². The zero-order valence-electron chi connectivity index (χ0n) is 11.4. The second-order valence-corrected chi connectivity index (χ2v) is 4.95. The zero-order chi connectivity index (χ0) is 13.1. The number of nitrogen functional groups attached to an aromatic ring is 1. The summed E-state index contributed by atoms with van der Waals surface area (Å²) in [6, 6.07) is 0. The molecule has 1 aromatic heterocycles. The predicted molar refractivity (Wildman–Crippen MR) is 68.2 cm³/mol. The monoisotopic (exact) mass is 241 g/mol. The molecule has 0 aliphatic rings. The molecule has 1 aromatic rings. The van der Waals surface area contributed by atoms with E-state index >= 15 is 0 Å². The molecular formula is C12H23N3O2. The van der Waals surface area contributed by atoms with Crippen LogP contribution in [-0.4, -0.2) is 28.6 Å². The molecule has 0 aromatic carbocycles. The second kappa shape index (κ2) is 5.40. The smallest absolute Gasteiger partial charge is 0.235 e. The Labute approximate surface area is 103 Å². The number of rotatable bonds is 5. The number of anilines is 1. The minimum atomic E-state index is -0.143. The van der Waals surface area contributed by atoms with Crippen molar-refractivity contribution in [2.45, 2.75) is 39.7 Å². The third-order valence-electron chi connectivity index (χ3n) is 2.30. The first-order valence-electron chi connectivity index (χ1n) is 5.93. The lowest BCUT2D eigenvalue weighted by molar-refractivity contribution is -0.0171. The predicted octanol–water partition coefficient (Wildman–Crippen LogP) is 1.76. The van der Waals surface area contributed by atoms with Gasteiger partial charge in [-0.25, -0.2) is 4.68 Å². The molecule has 1 heterocycles. The number of aromatic nitrogens is 2. The summed E-state index contributed by atoms with van der Waals surface area (Å²) in [4.78, 5) is 0. The van der Waals surface area contributed by atoms with Crippen LogP contribution in [0, 0.1) is 0 Å². The van der Waals surface area contributed by atoms with E-state index < -0.39 is 0 Å². The molecule has 2 N–H and O–H groups in total. The standard InChI is InChI=1S/C12H23N3O2/c1-6-9-10(13)11(15(5)14-9)16-7-8-17-12(2,3)4/h6-8,13H2,1-5H3. The number of nitrogens with zero attached hydrogens (tertiary/aromatic N) is 2. The summed E-state index contributed by atoms with van der Waals surface area (Å²) in [6.07, 6.45) is 0.807. The Morgan fingerprint density at radius 3 is 2.41 bits per heavy atom. The van der Waals surface area contributed by atoms with Gasteiger partial charge < -0.3 is 15.2 Å². The van der Waals surface area contributed by atoms with Crippen molar-refractivity contribution in [2.24, 2.45) is 7.05 Å². The van der Waals surface area contributed by atoms with E-state index in [4.69, 9.17) is 15.2 Å². The molecule has 5 nitrogen and oxygen atoms in total. The van der Waals surface area contributed by atoms with Gasteiger partial charge in [-0.05, 0) is 27.2 Å². The lowest BCUT2D eigenvalue weighted by atomic mass is 10.2. The number of ether oxygens (including phenoxy) is 2. The Balaban J connectivity index is 2.50. The van der Waals surface area contributed by atoms with Crippen molar-refractivity contribution in [3.8, 4) is 5.88 Å². The Kier molecular flexibility index (Phi) is 4.40. The molecule has 0 fully saturated rings. The van der Waals surface area contributed by atoms with E-state index in [1.165, 1.54) is 0 Å². The van der Waals surface area contributed by atoms with Gasteiger partial charge >= 0.3 is 0 Å². The van der Waals surface area contributed by atoms with Crippen molar-refractivity contribution in [1.82, 2.24) is 9.78 Å². The van der Waals surface area contributed by atoms with E-state index in [-0.39, 0.29) is 5.60 Å². The van der Waals surface area contributed by atoms with Gasteiger partial charge in [-0.3, -0.25) is 0 Å². The van der Waals surface area contributed by atoms with Crippen LogP contribution < -0.4 is 10.5 Å². The minimum absolute atomic E-state index is 0.143. The highest BCUT2D eigenvalue weighted by atomic mass is 16.5. The SMILES string of the molecule is CCc1nn(C)c(OCCOC(C)(C)C)c1N. The molecule has 1 rings (SSSR count). The average Bonchev–Trinajstić information content (AvgIpc) is 2.48. The molecule has 0 radical (unpaired) electrons. The molecule has 0 spiro atoms. The molecule has 0 amide bonds. The number of aryl methyl sites for hydroxylation is 2. The lowest BCUT2D eigenvalue weighted by Crippen LogP contribution is -2.22. The first-order chi connectivity index (χ1) is 7.85. The van der Waals surface area contributed by atoms with Gasteiger partial charge in [0.05, 0.1) is 17.9 Å². The summed E-state index contributed by atoms with van der Waals surface area (Å²) in [6.45, 7) is 9.08. The Bertz CT molecular complexity index is 367. The fourth-order valence-electron chi connectivity index (χ4n) is 1.50. The maximum absolute atomic E-state index is 5.93. The van der Waals surface area contributed by atoms with Crippen LogP contribution in [0.4, 0.5) is 5.69 Å². The summed E-state index contributed by atoms with van der Waals surface area (Å²) < 4.78 is 12.8. The molecule has 17 heavy (non-hydrogen) atoms. The average molecular weight is 241 g/mol. The molecule has 5 heteroatoms. The van der Waals surface area contributed by atoms with Crippen LogP contribution in [0.15, 0.2) is 0 Å². The topological polar surface area (TPSA) is 62.3 Å². The number of nitrogens with two attached hydrogens (primary N) is 1. The van der Waals surface area contributed by atoms with Gasteiger partial charge in [-0.1, -0.05) is 6.92 Å². The van der Waals surface area contributed by atoms with Crippen molar-refractivity contribution in [2.75, 3.05) is 18.9 Å². The van der Waals surface area contributed by atoms with E-state index in [0.717, 1.165) is 12.1 Å². The maximum atomic E-state index is 5.93. The summed E-state index contributed by atoms with van der Waals surface area (Å²) in [5.74, 6) is 0.624. The fourth-order valence-corrected chi connectivity index (χ4v) is 1.50. The van der Waals surface area contributed by atoms with E-state index in [0.29, 0.717) is 24.8 Å². The maximum Gasteiger partial charge on any atom is 0.235 e. The van der Waals surface area contributed by atoms with Crippen molar-refractivity contribution < 1.29 is 9.47 Å². The first-order valence-corrected chi connectivity index (χ1v) is 5.93. The second-order valence-electron chi connectivity index (χ2n) is 4.95. The van der Waals surface area contributed by atoms with E-state index in [1.807, 2.05) is 34.7 Å². The summed E-state index contributed by atoms with van der Waals surface area (Å²) >= 11 is 0. The van der Waals surface area contributed by atoms with Gasteiger partial charge in [0.1, 0.15) is 12.3 Å². The van der Waals surface area contributed by atoms with E-state index in [1.54, 1.807) is 4.68 Å². The summed E-state index contributed by atoms with van der Waals surface area (Å²) in [7, 11) is 1.83. The molecule has 0 aliphatic carbocycles. The molecule has 0 aliphatic heterocycles. The van der Waals surface area contributed by atoms with Crippen LogP contribution in [0.3, 0.4) is 0 Å². The van der Waals surface area contributed by atoms with Crippen LogP contribution in [0.1, 0.15) is 33.4 Å². The van der Waals surface area contributed by atoms with Crippen molar-refractivity contribution >= 4 is 5.69 Å². The Morgan fingerprint density at radius 2 is 1.94 bits per heavy atom. The van der Waals surface area contributed by atoms with Crippen LogP contribution in [0.25, 0.3) is 0 Å². The van der Waals surface area contributed by atoms with Gasteiger partial charge in [0.25, 0.3) is 0 Å². The number of hydrogen-bond acceptors (Lipinski definition) is 4. The van der Waals surface area contributed by atoms with Crippen molar-refractivity contribution in [1.29, 1.82) is 0 Å². The molecule has 0 atom stereocenters. The van der Waals surface area contributed by atoms with Crippen LogP contribution >= 0.6 is 0 Å². The van der Waals surface area contributed by atoms with Crippen LogP contribution in [0.2, 0.25) is 0 Å². The van der Waals surface area contributed by atoms with Crippen molar-refractivity contribution in [3.63, 3.8) is 0 Å². The summed E-state index contributed by atoms with van der Waals surface area (Å²) in [5, 5.41) is 4.28. The third-order valence-corrected chi connectivity index (χ3v) is 2.30. The normalized spacial score (nSPS) is 11.8. The minimum Gasteiger partial charge on any atom is -0.474 e. The Hall–Kier alpha value is -1.23. The Morgan fingerprint density at radius 1 is 1.29 bits per heavy atom. The highest BCUT2D eigenvalue weighted by Gasteiger charge is 2.14. The van der Waals surface area contributed by atoms with Gasteiger partial charge in [-0.15, -0.1) is 0 Å². The molecule has 0 saturated carbocycles. The quantitative estimate of drug-likeness (QED) is 0.798. The van der Waals surface area contributed by atoms with Gasteiger partial charge in [-0.2, -0.15) is 5.10 Å². The molecule has 0 bridgehead atoms. The van der Waals surface area contributed by atoms with Crippen LogP contribution in [0.5, 0.6) is 5.88 Å².